The SMILES string of the molecule is CCc1ccc(C(=O)CCC(=O)NCc2ccc(F)cc2)cc1. The van der Waals surface area contributed by atoms with Crippen molar-refractivity contribution in [1.82, 2.24) is 5.32 Å². The van der Waals surface area contributed by atoms with E-state index in [-0.39, 0.29) is 30.3 Å². The predicted molar refractivity (Wildman–Crippen MR) is 87.6 cm³/mol. The van der Waals surface area contributed by atoms with Crippen LogP contribution in [0.1, 0.15) is 41.3 Å². The van der Waals surface area contributed by atoms with E-state index in [9.17, 15) is 14.0 Å². The first-order valence-corrected chi connectivity index (χ1v) is 7.71. The van der Waals surface area contributed by atoms with E-state index < -0.39 is 0 Å². The highest BCUT2D eigenvalue weighted by atomic mass is 19.1. The lowest BCUT2D eigenvalue weighted by Gasteiger charge is -2.06. The molecular formula is C19H20FNO2. The number of benzene rings is 2. The number of hydrogen-bond acceptors (Lipinski definition) is 2. The summed E-state index contributed by atoms with van der Waals surface area (Å²) in [4.78, 5) is 23.8. The lowest BCUT2D eigenvalue weighted by atomic mass is 10.0. The second kappa shape index (κ2) is 8.22. The third kappa shape index (κ3) is 5.33. The zero-order chi connectivity index (χ0) is 16.7. The Morgan fingerprint density at radius 3 is 2.13 bits per heavy atom. The molecule has 0 saturated carbocycles. The fourth-order valence-electron chi connectivity index (χ4n) is 2.19. The van der Waals surface area contributed by atoms with Gasteiger partial charge in [-0.3, -0.25) is 9.59 Å². The maximum atomic E-state index is 12.8. The number of aryl methyl sites for hydroxylation is 1. The minimum Gasteiger partial charge on any atom is -0.352 e. The maximum Gasteiger partial charge on any atom is 0.220 e. The zero-order valence-corrected chi connectivity index (χ0v) is 13.1. The number of ketones is 1. The van der Waals surface area contributed by atoms with Gasteiger partial charge in [0, 0.05) is 24.9 Å². The molecule has 0 aliphatic carbocycles. The Morgan fingerprint density at radius 2 is 1.52 bits per heavy atom. The normalized spacial score (nSPS) is 10.3. The second-order valence-corrected chi connectivity index (χ2v) is 5.38. The Hall–Kier alpha value is -2.49. The van der Waals surface area contributed by atoms with Crippen molar-refractivity contribution in [2.45, 2.75) is 32.7 Å². The number of hydrogen-bond donors (Lipinski definition) is 1. The molecule has 4 heteroatoms. The molecule has 0 aliphatic heterocycles. The molecule has 0 atom stereocenters. The van der Waals surface area contributed by atoms with Crippen LogP contribution in [0.25, 0.3) is 0 Å². The number of carbonyl (C=O) groups excluding carboxylic acids is 2. The fourth-order valence-corrected chi connectivity index (χ4v) is 2.19. The highest BCUT2D eigenvalue weighted by Gasteiger charge is 2.09. The van der Waals surface area contributed by atoms with E-state index in [0.29, 0.717) is 12.1 Å². The molecule has 0 unspecified atom stereocenters. The molecule has 23 heavy (non-hydrogen) atoms. The number of nitrogens with one attached hydrogen (secondary N) is 1. The summed E-state index contributed by atoms with van der Waals surface area (Å²) in [6.45, 7) is 2.39. The molecule has 0 radical (unpaired) electrons. The van der Waals surface area contributed by atoms with Crippen LogP contribution >= 0.6 is 0 Å². The quantitative estimate of drug-likeness (QED) is 0.793. The molecule has 0 fully saturated rings. The molecule has 2 aromatic rings. The van der Waals surface area contributed by atoms with E-state index in [4.69, 9.17) is 0 Å². The van der Waals surface area contributed by atoms with Gasteiger partial charge in [0.05, 0.1) is 0 Å². The summed E-state index contributed by atoms with van der Waals surface area (Å²) in [6, 6.07) is 13.4. The molecule has 2 rings (SSSR count). The van der Waals surface area contributed by atoms with Crippen LogP contribution in [0.2, 0.25) is 0 Å². The number of carbonyl (C=O) groups is 2. The summed E-state index contributed by atoms with van der Waals surface area (Å²) in [7, 11) is 0. The van der Waals surface area contributed by atoms with Gasteiger partial charge in [0.2, 0.25) is 5.91 Å². The van der Waals surface area contributed by atoms with Crippen molar-refractivity contribution in [3.63, 3.8) is 0 Å². The van der Waals surface area contributed by atoms with Gasteiger partial charge in [0.1, 0.15) is 5.82 Å². The summed E-state index contributed by atoms with van der Waals surface area (Å²) in [5.41, 5.74) is 2.63. The van der Waals surface area contributed by atoms with Crippen molar-refractivity contribution in [2.75, 3.05) is 0 Å². The summed E-state index contributed by atoms with van der Waals surface area (Å²) < 4.78 is 12.8. The minimum absolute atomic E-state index is 0.0374. The highest BCUT2D eigenvalue weighted by Crippen LogP contribution is 2.09. The summed E-state index contributed by atoms with van der Waals surface area (Å²) in [5, 5.41) is 2.73. The second-order valence-electron chi connectivity index (χ2n) is 5.38. The van der Waals surface area contributed by atoms with Crippen molar-refractivity contribution in [3.05, 3.63) is 71.0 Å². The summed E-state index contributed by atoms with van der Waals surface area (Å²) in [6.07, 6.45) is 1.26. The number of amides is 1. The molecule has 1 N–H and O–H groups in total. The smallest absolute Gasteiger partial charge is 0.220 e. The maximum absolute atomic E-state index is 12.8. The van der Waals surface area contributed by atoms with E-state index in [0.717, 1.165) is 12.0 Å². The lowest BCUT2D eigenvalue weighted by molar-refractivity contribution is -0.121. The van der Waals surface area contributed by atoms with E-state index in [1.165, 1.54) is 17.7 Å². The molecule has 0 aliphatic rings. The van der Waals surface area contributed by atoms with Gasteiger partial charge in [0.25, 0.3) is 0 Å². The zero-order valence-electron chi connectivity index (χ0n) is 13.1. The third-order valence-electron chi connectivity index (χ3n) is 3.67. The molecule has 0 saturated heterocycles. The van der Waals surface area contributed by atoms with Crippen LogP contribution in [-0.4, -0.2) is 11.7 Å². The standard InChI is InChI=1S/C19H20FNO2/c1-2-14-3-7-16(8-4-14)18(22)11-12-19(23)21-13-15-5-9-17(20)10-6-15/h3-10H,2,11-13H2,1H3,(H,21,23). The van der Waals surface area contributed by atoms with E-state index in [1.54, 1.807) is 24.3 Å². The molecule has 0 spiro atoms. The number of halogens is 1. The van der Waals surface area contributed by atoms with Crippen LogP contribution < -0.4 is 5.32 Å². The lowest BCUT2D eigenvalue weighted by Crippen LogP contribution is -2.23. The van der Waals surface area contributed by atoms with Crippen LogP contribution in [0, 0.1) is 5.82 Å². The van der Waals surface area contributed by atoms with Gasteiger partial charge in [-0.05, 0) is 29.7 Å². The first-order valence-electron chi connectivity index (χ1n) is 7.71. The van der Waals surface area contributed by atoms with Crippen LogP contribution in [0.3, 0.4) is 0 Å². The summed E-state index contributed by atoms with van der Waals surface area (Å²) in [5.74, 6) is -0.530. The van der Waals surface area contributed by atoms with Crippen molar-refractivity contribution in [3.8, 4) is 0 Å². The minimum atomic E-state index is -0.306. The molecule has 2 aromatic carbocycles. The van der Waals surface area contributed by atoms with Gasteiger partial charge in [-0.15, -0.1) is 0 Å². The molecule has 0 aromatic heterocycles. The number of Topliss-reactive ketones (excluding diaryl/α,β-unsaturated/α-hetero) is 1. The third-order valence-corrected chi connectivity index (χ3v) is 3.67. The topological polar surface area (TPSA) is 46.2 Å². The Morgan fingerprint density at radius 1 is 0.913 bits per heavy atom. The van der Waals surface area contributed by atoms with Crippen molar-refractivity contribution in [1.29, 1.82) is 0 Å². The fraction of sp³-hybridized carbons (Fsp3) is 0.263. The highest BCUT2D eigenvalue weighted by molar-refractivity contribution is 5.97. The predicted octanol–water partition coefficient (Wildman–Crippen LogP) is 3.67. The van der Waals surface area contributed by atoms with Gasteiger partial charge in [-0.25, -0.2) is 4.39 Å². The largest absolute Gasteiger partial charge is 0.352 e. The van der Waals surface area contributed by atoms with Crippen LogP contribution in [0.5, 0.6) is 0 Å². The average molecular weight is 313 g/mol. The molecule has 3 nitrogen and oxygen atoms in total. The van der Waals surface area contributed by atoms with Gasteiger partial charge in [-0.2, -0.15) is 0 Å². The van der Waals surface area contributed by atoms with Gasteiger partial charge in [0.15, 0.2) is 5.78 Å². The van der Waals surface area contributed by atoms with E-state index in [1.807, 2.05) is 12.1 Å². The molecule has 120 valence electrons. The van der Waals surface area contributed by atoms with Gasteiger partial charge < -0.3 is 5.32 Å². The molecule has 0 heterocycles. The summed E-state index contributed by atoms with van der Waals surface area (Å²) >= 11 is 0. The molecule has 1 amide bonds. The molecular weight excluding hydrogens is 293 g/mol. The number of rotatable bonds is 7. The Balaban J connectivity index is 1.76. The average Bonchev–Trinajstić information content (AvgIpc) is 2.59. The Labute approximate surface area is 135 Å². The first kappa shape index (κ1) is 16.9. The van der Waals surface area contributed by atoms with Gasteiger partial charge in [-0.1, -0.05) is 43.3 Å². The monoisotopic (exact) mass is 313 g/mol. The van der Waals surface area contributed by atoms with Gasteiger partial charge >= 0.3 is 0 Å². The van der Waals surface area contributed by atoms with Crippen LogP contribution in [0.15, 0.2) is 48.5 Å². The first-order chi connectivity index (χ1) is 11.1. The van der Waals surface area contributed by atoms with E-state index >= 15 is 0 Å². The van der Waals surface area contributed by atoms with Crippen LogP contribution in [0.4, 0.5) is 4.39 Å². The molecule has 0 bridgehead atoms. The Bertz CT molecular complexity index is 663. The van der Waals surface area contributed by atoms with Crippen LogP contribution in [-0.2, 0) is 17.8 Å². The van der Waals surface area contributed by atoms with Crippen molar-refractivity contribution in [2.24, 2.45) is 0 Å². The Kier molecular flexibility index (Phi) is 6.03. The van der Waals surface area contributed by atoms with E-state index in [2.05, 4.69) is 12.2 Å². The van der Waals surface area contributed by atoms with Crippen molar-refractivity contribution >= 4 is 11.7 Å². The van der Waals surface area contributed by atoms with Crippen molar-refractivity contribution < 1.29 is 14.0 Å².